The van der Waals surface area contributed by atoms with Crippen LogP contribution in [0.2, 0.25) is 0 Å². The maximum Gasteiger partial charge on any atom is 0.182 e. The molecule has 0 aliphatic rings. The fourth-order valence-electron chi connectivity index (χ4n) is 2.25. The zero-order valence-corrected chi connectivity index (χ0v) is 13.1. The minimum Gasteiger partial charge on any atom is -0.399 e. The van der Waals surface area contributed by atoms with Crippen LogP contribution in [0.1, 0.15) is 25.8 Å². The van der Waals surface area contributed by atoms with Gasteiger partial charge in [0.15, 0.2) is 5.82 Å². The number of nitrogen functional groups attached to an aromatic ring is 1. The fraction of sp³-hybridized carbons (Fsp3) is 0.533. The molecular weight excluding hydrogens is 266 g/mol. The van der Waals surface area contributed by atoms with Crippen molar-refractivity contribution >= 4 is 5.69 Å². The quantitative estimate of drug-likeness (QED) is 0.825. The van der Waals surface area contributed by atoms with E-state index in [1.807, 2.05) is 29.8 Å². The summed E-state index contributed by atoms with van der Waals surface area (Å²) < 4.78 is 7.01. The molecule has 0 radical (unpaired) electrons. The number of rotatable bonds is 6. The number of nitrogens with two attached hydrogens (primary N) is 1. The average molecular weight is 289 g/mol. The molecule has 0 amide bonds. The Morgan fingerprint density at radius 3 is 2.81 bits per heavy atom. The van der Waals surface area contributed by atoms with Gasteiger partial charge >= 0.3 is 0 Å². The molecule has 0 bridgehead atoms. The van der Waals surface area contributed by atoms with Gasteiger partial charge in [0.05, 0.1) is 6.54 Å². The maximum absolute atomic E-state index is 5.88. The van der Waals surface area contributed by atoms with Crippen molar-refractivity contribution < 1.29 is 4.74 Å². The minimum atomic E-state index is 0.0500. The number of methoxy groups -OCH3 is 1. The van der Waals surface area contributed by atoms with Crippen molar-refractivity contribution in [1.29, 1.82) is 0 Å². The number of aryl methyl sites for hydroxylation is 1. The molecule has 0 aliphatic carbocycles. The number of tetrazole rings is 1. The van der Waals surface area contributed by atoms with Crippen LogP contribution < -0.4 is 5.73 Å². The van der Waals surface area contributed by atoms with Gasteiger partial charge in [-0.25, -0.2) is 4.68 Å². The monoisotopic (exact) mass is 289 g/mol. The molecule has 0 saturated carbocycles. The Morgan fingerprint density at radius 1 is 1.33 bits per heavy atom. The lowest BCUT2D eigenvalue weighted by atomic mass is 9.89. The van der Waals surface area contributed by atoms with Gasteiger partial charge in [0.2, 0.25) is 0 Å². The first-order chi connectivity index (χ1) is 9.93. The molecule has 2 N–H and O–H groups in total. The van der Waals surface area contributed by atoms with Crippen LogP contribution in [-0.4, -0.2) is 33.9 Å². The summed E-state index contributed by atoms with van der Waals surface area (Å²) in [7, 11) is 1.72. The van der Waals surface area contributed by atoms with Gasteiger partial charge in [-0.1, -0.05) is 19.9 Å². The Labute approximate surface area is 125 Å². The van der Waals surface area contributed by atoms with Crippen LogP contribution in [0, 0.1) is 12.3 Å². The first-order valence-electron chi connectivity index (χ1n) is 7.04. The van der Waals surface area contributed by atoms with E-state index in [0.29, 0.717) is 5.69 Å². The van der Waals surface area contributed by atoms with Crippen LogP contribution in [0.5, 0.6) is 0 Å². The van der Waals surface area contributed by atoms with E-state index in [0.717, 1.165) is 36.5 Å². The van der Waals surface area contributed by atoms with Gasteiger partial charge in [0.1, 0.15) is 0 Å². The van der Waals surface area contributed by atoms with E-state index in [1.165, 1.54) is 0 Å². The summed E-state index contributed by atoms with van der Waals surface area (Å²) in [6, 6.07) is 5.79. The van der Waals surface area contributed by atoms with Crippen LogP contribution in [0.3, 0.4) is 0 Å². The summed E-state index contributed by atoms with van der Waals surface area (Å²) >= 11 is 0. The van der Waals surface area contributed by atoms with Crippen molar-refractivity contribution in [1.82, 2.24) is 20.2 Å². The lowest BCUT2D eigenvalue weighted by Crippen LogP contribution is -2.23. The molecule has 0 aliphatic heterocycles. The van der Waals surface area contributed by atoms with Crippen molar-refractivity contribution in [3.05, 3.63) is 23.8 Å². The SMILES string of the molecule is COCCC(C)(C)Cn1nnnc1-c1cc(N)ccc1C. The standard InChI is InChI=1S/C15H23N5O/c1-11-5-6-12(16)9-13(11)14-17-18-19-20(14)10-15(2,3)7-8-21-4/h5-6,9H,7-8,10,16H2,1-4H3. The van der Waals surface area contributed by atoms with E-state index in [9.17, 15) is 0 Å². The normalized spacial score (nSPS) is 11.8. The van der Waals surface area contributed by atoms with Crippen molar-refractivity contribution in [3.63, 3.8) is 0 Å². The summed E-state index contributed by atoms with van der Waals surface area (Å²) in [4.78, 5) is 0. The van der Waals surface area contributed by atoms with Crippen LogP contribution in [0.15, 0.2) is 18.2 Å². The highest BCUT2D eigenvalue weighted by molar-refractivity contribution is 5.65. The number of anilines is 1. The summed E-state index contributed by atoms with van der Waals surface area (Å²) in [5.41, 5.74) is 8.73. The average Bonchev–Trinajstić information content (AvgIpc) is 2.86. The lowest BCUT2D eigenvalue weighted by molar-refractivity contribution is 0.140. The summed E-state index contributed by atoms with van der Waals surface area (Å²) in [6.45, 7) is 7.85. The smallest absolute Gasteiger partial charge is 0.182 e. The number of nitrogens with zero attached hydrogens (tertiary/aromatic N) is 4. The van der Waals surface area contributed by atoms with Gasteiger partial charge in [-0.2, -0.15) is 0 Å². The number of hydrogen-bond acceptors (Lipinski definition) is 5. The molecule has 114 valence electrons. The molecule has 2 aromatic rings. The molecule has 0 atom stereocenters. The van der Waals surface area contributed by atoms with Gasteiger partial charge in [0.25, 0.3) is 0 Å². The third-order valence-electron chi connectivity index (χ3n) is 3.60. The first-order valence-corrected chi connectivity index (χ1v) is 7.04. The molecule has 0 unspecified atom stereocenters. The lowest BCUT2D eigenvalue weighted by Gasteiger charge is -2.24. The Balaban J connectivity index is 2.28. The second-order valence-corrected chi connectivity index (χ2v) is 6.14. The first kappa shape index (κ1) is 15.4. The third kappa shape index (κ3) is 3.78. The van der Waals surface area contributed by atoms with Gasteiger partial charge < -0.3 is 10.5 Å². The highest BCUT2D eigenvalue weighted by Crippen LogP contribution is 2.27. The molecule has 1 heterocycles. The van der Waals surface area contributed by atoms with Crippen molar-refractivity contribution in [2.24, 2.45) is 5.41 Å². The zero-order valence-electron chi connectivity index (χ0n) is 13.1. The van der Waals surface area contributed by atoms with E-state index in [4.69, 9.17) is 10.5 Å². The number of benzene rings is 1. The molecule has 0 saturated heterocycles. The maximum atomic E-state index is 5.88. The van der Waals surface area contributed by atoms with Gasteiger partial charge in [0, 0.05) is 25.0 Å². The molecule has 2 rings (SSSR count). The molecule has 1 aromatic carbocycles. The van der Waals surface area contributed by atoms with Gasteiger partial charge in [-0.3, -0.25) is 0 Å². The van der Waals surface area contributed by atoms with Gasteiger partial charge in [-0.15, -0.1) is 5.10 Å². The third-order valence-corrected chi connectivity index (χ3v) is 3.60. The molecule has 1 aromatic heterocycles. The molecule has 0 fully saturated rings. The topological polar surface area (TPSA) is 78.8 Å². The fourth-order valence-corrected chi connectivity index (χ4v) is 2.25. The van der Waals surface area contributed by atoms with Crippen molar-refractivity contribution in [3.8, 4) is 11.4 Å². The number of hydrogen-bond donors (Lipinski definition) is 1. The summed E-state index contributed by atoms with van der Waals surface area (Å²) in [6.07, 6.45) is 0.943. The largest absolute Gasteiger partial charge is 0.399 e. The van der Waals surface area contributed by atoms with E-state index in [-0.39, 0.29) is 5.41 Å². The van der Waals surface area contributed by atoms with Crippen molar-refractivity contribution in [2.45, 2.75) is 33.7 Å². The van der Waals surface area contributed by atoms with Crippen LogP contribution >= 0.6 is 0 Å². The van der Waals surface area contributed by atoms with Crippen LogP contribution in [0.4, 0.5) is 5.69 Å². The second-order valence-electron chi connectivity index (χ2n) is 6.14. The Kier molecular flexibility index (Phi) is 4.57. The van der Waals surface area contributed by atoms with E-state index >= 15 is 0 Å². The minimum absolute atomic E-state index is 0.0500. The molecule has 0 spiro atoms. The number of aromatic nitrogens is 4. The van der Waals surface area contributed by atoms with E-state index in [1.54, 1.807) is 7.11 Å². The van der Waals surface area contributed by atoms with Crippen LogP contribution in [0.25, 0.3) is 11.4 Å². The van der Waals surface area contributed by atoms with E-state index in [2.05, 4.69) is 29.4 Å². The predicted molar refractivity (Wildman–Crippen MR) is 82.7 cm³/mol. The highest BCUT2D eigenvalue weighted by Gasteiger charge is 2.22. The molecule has 6 heteroatoms. The van der Waals surface area contributed by atoms with Crippen molar-refractivity contribution in [2.75, 3.05) is 19.5 Å². The second kappa shape index (κ2) is 6.22. The van der Waals surface area contributed by atoms with E-state index < -0.39 is 0 Å². The Hall–Kier alpha value is -1.95. The number of ether oxygens (including phenoxy) is 1. The predicted octanol–water partition coefficient (Wildman–Crippen LogP) is 2.29. The molecular formula is C15H23N5O. The Bertz CT molecular complexity index is 606. The zero-order chi connectivity index (χ0) is 15.5. The molecule has 21 heavy (non-hydrogen) atoms. The van der Waals surface area contributed by atoms with Crippen LogP contribution in [-0.2, 0) is 11.3 Å². The van der Waals surface area contributed by atoms with Gasteiger partial charge in [-0.05, 0) is 46.9 Å². The Morgan fingerprint density at radius 2 is 2.10 bits per heavy atom. The molecule has 6 nitrogen and oxygen atoms in total. The summed E-state index contributed by atoms with van der Waals surface area (Å²) in [5.74, 6) is 0.755. The summed E-state index contributed by atoms with van der Waals surface area (Å²) in [5, 5.41) is 12.1. The highest BCUT2D eigenvalue weighted by atomic mass is 16.5.